The summed E-state index contributed by atoms with van der Waals surface area (Å²) in [4.78, 5) is 17.7. The molecule has 0 radical (unpaired) electrons. The smallest absolute Gasteiger partial charge is 0.276 e. The Labute approximate surface area is 110 Å². The van der Waals surface area contributed by atoms with E-state index in [0.29, 0.717) is 30.4 Å². The first-order chi connectivity index (χ1) is 9.22. The molecule has 6 nitrogen and oxygen atoms in total. The van der Waals surface area contributed by atoms with E-state index < -0.39 is 0 Å². The third-order valence-corrected chi connectivity index (χ3v) is 2.91. The standard InChI is InChI=1S/C13H13N3O3/c1-9-6-11(15-19-9)13(17)16-7-10(8-16)18-12-4-2-3-5-14-12/h2-6,10H,7-8H2,1H3. The van der Waals surface area contributed by atoms with Gasteiger partial charge in [0.2, 0.25) is 5.88 Å². The molecule has 3 heterocycles. The first kappa shape index (κ1) is 11.7. The van der Waals surface area contributed by atoms with Crippen molar-refractivity contribution in [2.75, 3.05) is 13.1 Å². The molecule has 1 amide bonds. The molecule has 1 saturated heterocycles. The van der Waals surface area contributed by atoms with Crippen molar-refractivity contribution in [1.82, 2.24) is 15.0 Å². The van der Waals surface area contributed by atoms with E-state index in [4.69, 9.17) is 9.26 Å². The molecule has 2 aromatic heterocycles. The van der Waals surface area contributed by atoms with Gasteiger partial charge in [0.05, 0.1) is 13.1 Å². The van der Waals surface area contributed by atoms with Crippen LogP contribution < -0.4 is 4.74 Å². The van der Waals surface area contributed by atoms with Gasteiger partial charge in [-0.2, -0.15) is 0 Å². The SMILES string of the molecule is Cc1cc(C(=O)N2CC(Oc3ccccn3)C2)no1. The topological polar surface area (TPSA) is 68.5 Å². The van der Waals surface area contributed by atoms with Crippen molar-refractivity contribution in [2.45, 2.75) is 13.0 Å². The van der Waals surface area contributed by atoms with Crippen molar-refractivity contribution in [3.63, 3.8) is 0 Å². The molecule has 0 unspecified atom stereocenters. The van der Waals surface area contributed by atoms with Crippen molar-refractivity contribution in [3.8, 4) is 5.88 Å². The number of ether oxygens (including phenoxy) is 1. The molecular formula is C13H13N3O3. The fourth-order valence-electron chi connectivity index (χ4n) is 1.90. The second-order valence-electron chi connectivity index (χ2n) is 4.44. The number of carbonyl (C=O) groups is 1. The van der Waals surface area contributed by atoms with E-state index in [0.717, 1.165) is 0 Å². The number of pyridine rings is 1. The first-order valence-electron chi connectivity index (χ1n) is 6.02. The number of likely N-dealkylation sites (tertiary alicyclic amines) is 1. The van der Waals surface area contributed by atoms with Gasteiger partial charge in [0.25, 0.3) is 5.91 Å². The lowest BCUT2D eigenvalue weighted by atomic mass is 10.1. The minimum Gasteiger partial charge on any atom is -0.471 e. The molecule has 6 heteroatoms. The first-order valence-corrected chi connectivity index (χ1v) is 6.02. The van der Waals surface area contributed by atoms with Crippen LogP contribution in [0.3, 0.4) is 0 Å². The number of aryl methyl sites for hydroxylation is 1. The van der Waals surface area contributed by atoms with Gasteiger partial charge in [0.15, 0.2) is 5.69 Å². The molecule has 1 aliphatic heterocycles. The second kappa shape index (κ2) is 4.72. The molecule has 19 heavy (non-hydrogen) atoms. The lowest BCUT2D eigenvalue weighted by Gasteiger charge is -2.38. The highest BCUT2D eigenvalue weighted by molar-refractivity contribution is 5.92. The molecule has 0 aliphatic carbocycles. The van der Waals surface area contributed by atoms with E-state index in [2.05, 4.69) is 10.1 Å². The van der Waals surface area contributed by atoms with E-state index in [1.54, 1.807) is 30.2 Å². The van der Waals surface area contributed by atoms with E-state index in [1.165, 1.54) is 0 Å². The average Bonchev–Trinajstić information content (AvgIpc) is 2.80. The molecule has 0 saturated carbocycles. The van der Waals surface area contributed by atoms with Crippen LogP contribution in [-0.4, -0.2) is 40.1 Å². The van der Waals surface area contributed by atoms with Crippen molar-refractivity contribution in [2.24, 2.45) is 0 Å². The van der Waals surface area contributed by atoms with Crippen molar-refractivity contribution < 1.29 is 14.1 Å². The minimum absolute atomic E-state index is 0.00755. The van der Waals surface area contributed by atoms with Gasteiger partial charge in [-0.05, 0) is 13.0 Å². The largest absolute Gasteiger partial charge is 0.471 e. The molecule has 0 aromatic carbocycles. The van der Waals surface area contributed by atoms with Crippen LogP contribution >= 0.6 is 0 Å². The fourth-order valence-corrected chi connectivity index (χ4v) is 1.90. The maximum Gasteiger partial charge on any atom is 0.276 e. The molecule has 0 bridgehead atoms. The summed E-state index contributed by atoms with van der Waals surface area (Å²) in [5.74, 6) is 1.08. The quantitative estimate of drug-likeness (QED) is 0.830. The van der Waals surface area contributed by atoms with Gasteiger partial charge < -0.3 is 14.2 Å². The summed E-state index contributed by atoms with van der Waals surface area (Å²) in [6.45, 7) is 2.84. The summed E-state index contributed by atoms with van der Waals surface area (Å²) < 4.78 is 10.5. The van der Waals surface area contributed by atoms with Gasteiger partial charge in [-0.15, -0.1) is 0 Å². The number of rotatable bonds is 3. The molecule has 0 atom stereocenters. The number of carbonyl (C=O) groups excluding carboxylic acids is 1. The Morgan fingerprint density at radius 3 is 2.95 bits per heavy atom. The molecule has 0 spiro atoms. The van der Waals surface area contributed by atoms with Crippen LogP contribution in [0.25, 0.3) is 0 Å². The Morgan fingerprint density at radius 2 is 2.32 bits per heavy atom. The molecule has 98 valence electrons. The van der Waals surface area contributed by atoms with Gasteiger partial charge in [0.1, 0.15) is 11.9 Å². The lowest BCUT2D eigenvalue weighted by molar-refractivity contribution is 0.0153. The highest BCUT2D eigenvalue weighted by Gasteiger charge is 2.34. The van der Waals surface area contributed by atoms with Crippen LogP contribution in [0.15, 0.2) is 35.0 Å². The van der Waals surface area contributed by atoms with Crippen LogP contribution in [0.1, 0.15) is 16.2 Å². The Bertz CT molecular complexity index is 576. The predicted octanol–water partition coefficient (Wildman–Crippen LogP) is 1.28. The van der Waals surface area contributed by atoms with Gasteiger partial charge >= 0.3 is 0 Å². The van der Waals surface area contributed by atoms with Gasteiger partial charge in [-0.3, -0.25) is 4.79 Å². The monoisotopic (exact) mass is 259 g/mol. The van der Waals surface area contributed by atoms with E-state index >= 15 is 0 Å². The van der Waals surface area contributed by atoms with E-state index in [-0.39, 0.29) is 12.0 Å². The maximum absolute atomic E-state index is 12.0. The van der Waals surface area contributed by atoms with Crippen LogP contribution in [0.2, 0.25) is 0 Å². The molecule has 1 fully saturated rings. The molecule has 0 N–H and O–H groups in total. The minimum atomic E-state index is -0.127. The second-order valence-corrected chi connectivity index (χ2v) is 4.44. The number of hydrogen-bond acceptors (Lipinski definition) is 5. The number of hydrogen-bond donors (Lipinski definition) is 0. The number of amides is 1. The molecule has 1 aliphatic rings. The Hall–Kier alpha value is -2.37. The fraction of sp³-hybridized carbons (Fsp3) is 0.308. The number of nitrogens with zero attached hydrogens (tertiary/aromatic N) is 3. The summed E-state index contributed by atoms with van der Waals surface area (Å²) in [5, 5.41) is 3.71. The summed E-state index contributed by atoms with van der Waals surface area (Å²) in [7, 11) is 0. The third kappa shape index (κ3) is 2.42. The van der Waals surface area contributed by atoms with Crippen LogP contribution in [-0.2, 0) is 0 Å². The normalized spacial score (nSPS) is 15.1. The molecule has 2 aromatic rings. The van der Waals surface area contributed by atoms with Gasteiger partial charge in [-0.25, -0.2) is 4.98 Å². The average molecular weight is 259 g/mol. The highest BCUT2D eigenvalue weighted by Crippen LogP contribution is 2.18. The highest BCUT2D eigenvalue weighted by atomic mass is 16.5. The zero-order chi connectivity index (χ0) is 13.2. The zero-order valence-electron chi connectivity index (χ0n) is 10.4. The number of aromatic nitrogens is 2. The van der Waals surface area contributed by atoms with E-state index in [1.807, 2.05) is 12.1 Å². The Kier molecular flexibility index (Phi) is 2.91. The van der Waals surface area contributed by atoms with E-state index in [9.17, 15) is 4.79 Å². The van der Waals surface area contributed by atoms with Gasteiger partial charge in [0, 0.05) is 18.3 Å². The predicted molar refractivity (Wildman–Crippen MR) is 65.8 cm³/mol. The summed E-state index contributed by atoms with van der Waals surface area (Å²) >= 11 is 0. The van der Waals surface area contributed by atoms with Crippen molar-refractivity contribution in [1.29, 1.82) is 0 Å². The molecule has 3 rings (SSSR count). The third-order valence-electron chi connectivity index (χ3n) is 2.91. The van der Waals surface area contributed by atoms with Crippen molar-refractivity contribution in [3.05, 3.63) is 41.9 Å². The lowest BCUT2D eigenvalue weighted by Crippen LogP contribution is -2.56. The Balaban J connectivity index is 1.54. The van der Waals surface area contributed by atoms with Gasteiger partial charge in [-0.1, -0.05) is 11.2 Å². The van der Waals surface area contributed by atoms with Crippen molar-refractivity contribution >= 4 is 5.91 Å². The molecular weight excluding hydrogens is 246 g/mol. The summed E-state index contributed by atoms with van der Waals surface area (Å²) in [6.07, 6.45) is 1.67. The van der Waals surface area contributed by atoms with Crippen LogP contribution in [0, 0.1) is 6.92 Å². The van der Waals surface area contributed by atoms with Crippen LogP contribution in [0.5, 0.6) is 5.88 Å². The summed E-state index contributed by atoms with van der Waals surface area (Å²) in [5.41, 5.74) is 0.341. The summed E-state index contributed by atoms with van der Waals surface area (Å²) in [6, 6.07) is 7.12. The Morgan fingerprint density at radius 1 is 1.47 bits per heavy atom. The zero-order valence-corrected chi connectivity index (χ0v) is 10.4. The van der Waals surface area contributed by atoms with Crippen LogP contribution in [0.4, 0.5) is 0 Å². The maximum atomic E-state index is 12.0.